The molecule has 2 aromatic rings. The van der Waals surface area contributed by atoms with Gasteiger partial charge < -0.3 is 19.5 Å². The van der Waals surface area contributed by atoms with Crippen molar-refractivity contribution in [3.8, 4) is 0 Å². The summed E-state index contributed by atoms with van der Waals surface area (Å²) in [5, 5.41) is 19.7. The average Bonchev–Trinajstić information content (AvgIpc) is 2.92. The highest BCUT2D eigenvalue weighted by Gasteiger charge is 2.34. The molecule has 17 heavy (non-hydrogen) atoms. The SMILES string of the molecule is OC[C@H]1O[C@H](n2ccc3cncnc32)C[C@@H]1O. The molecule has 3 heterocycles. The Morgan fingerprint density at radius 3 is 3.18 bits per heavy atom. The van der Waals surface area contributed by atoms with Crippen molar-refractivity contribution in [2.45, 2.75) is 24.9 Å². The standard InChI is InChI=1S/C11H13N3O3/c15-5-9-8(16)3-10(17-9)14-2-1-7-4-12-6-13-11(7)14/h1-2,4,6,8-10,15-16H,3,5H2/t8-,9+,10-/m0/s1. The number of hydrogen-bond acceptors (Lipinski definition) is 5. The van der Waals surface area contributed by atoms with Gasteiger partial charge in [0.05, 0.1) is 12.7 Å². The van der Waals surface area contributed by atoms with Crippen molar-refractivity contribution < 1.29 is 14.9 Å². The average molecular weight is 235 g/mol. The summed E-state index contributed by atoms with van der Waals surface area (Å²) in [6, 6.07) is 1.90. The summed E-state index contributed by atoms with van der Waals surface area (Å²) in [4.78, 5) is 8.13. The van der Waals surface area contributed by atoms with E-state index in [1.807, 2.05) is 16.8 Å². The molecule has 0 aliphatic carbocycles. The van der Waals surface area contributed by atoms with Gasteiger partial charge in [-0.05, 0) is 6.07 Å². The van der Waals surface area contributed by atoms with Crippen LogP contribution in [0.4, 0.5) is 0 Å². The Morgan fingerprint density at radius 2 is 2.41 bits per heavy atom. The summed E-state index contributed by atoms with van der Waals surface area (Å²) < 4.78 is 7.43. The zero-order chi connectivity index (χ0) is 11.8. The highest BCUT2D eigenvalue weighted by Crippen LogP contribution is 2.30. The van der Waals surface area contributed by atoms with Crippen molar-refractivity contribution in [3.05, 3.63) is 24.8 Å². The quantitative estimate of drug-likeness (QED) is 0.770. The van der Waals surface area contributed by atoms with Gasteiger partial charge in [-0.15, -0.1) is 0 Å². The maximum absolute atomic E-state index is 9.70. The zero-order valence-electron chi connectivity index (χ0n) is 9.10. The van der Waals surface area contributed by atoms with E-state index in [4.69, 9.17) is 9.84 Å². The Hall–Kier alpha value is -1.50. The lowest BCUT2D eigenvalue weighted by molar-refractivity contribution is -0.0430. The monoisotopic (exact) mass is 235 g/mol. The molecule has 2 aromatic heterocycles. The van der Waals surface area contributed by atoms with E-state index in [9.17, 15) is 5.11 Å². The molecule has 3 rings (SSSR count). The molecule has 0 aromatic carbocycles. The first-order valence-corrected chi connectivity index (χ1v) is 5.50. The van der Waals surface area contributed by atoms with Crippen LogP contribution < -0.4 is 0 Å². The Labute approximate surface area is 97.5 Å². The van der Waals surface area contributed by atoms with Gasteiger partial charge in [-0.25, -0.2) is 9.97 Å². The van der Waals surface area contributed by atoms with Crippen molar-refractivity contribution in [1.29, 1.82) is 0 Å². The lowest BCUT2D eigenvalue weighted by Crippen LogP contribution is -2.24. The second-order valence-electron chi connectivity index (χ2n) is 4.14. The third-order valence-electron chi connectivity index (χ3n) is 3.07. The normalized spacial score (nSPS) is 28.9. The summed E-state index contributed by atoms with van der Waals surface area (Å²) in [7, 11) is 0. The summed E-state index contributed by atoms with van der Waals surface area (Å²) in [5.41, 5.74) is 0.774. The van der Waals surface area contributed by atoms with Crippen LogP contribution in [-0.2, 0) is 4.74 Å². The number of rotatable bonds is 2. The summed E-state index contributed by atoms with van der Waals surface area (Å²) in [5.74, 6) is 0. The fourth-order valence-corrected chi connectivity index (χ4v) is 2.18. The van der Waals surface area contributed by atoms with Gasteiger partial charge in [0.25, 0.3) is 0 Å². The van der Waals surface area contributed by atoms with Crippen LogP contribution in [0.25, 0.3) is 11.0 Å². The van der Waals surface area contributed by atoms with E-state index in [0.717, 1.165) is 11.0 Å². The first kappa shape index (κ1) is 10.6. The Kier molecular flexibility index (Phi) is 2.54. The van der Waals surface area contributed by atoms with E-state index in [1.54, 1.807) is 6.20 Å². The topological polar surface area (TPSA) is 80.4 Å². The third-order valence-corrected chi connectivity index (χ3v) is 3.07. The van der Waals surface area contributed by atoms with Crippen LogP contribution in [0, 0.1) is 0 Å². The van der Waals surface area contributed by atoms with Gasteiger partial charge in [0, 0.05) is 24.2 Å². The number of ether oxygens (including phenoxy) is 1. The van der Waals surface area contributed by atoms with Crippen LogP contribution in [0.2, 0.25) is 0 Å². The van der Waals surface area contributed by atoms with Crippen molar-refractivity contribution >= 4 is 11.0 Å². The maximum Gasteiger partial charge on any atom is 0.145 e. The Balaban J connectivity index is 1.95. The van der Waals surface area contributed by atoms with Gasteiger partial charge in [0.15, 0.2) is 0 Å². The van der Waals surface area contributed by atoms with Crippen LogP contribution >= 0.6 is 0 Å². The number of aliphatic hydroxyl groups excluding tert-OH is 2. The number of nitrogens with zero attached hydrogens (tertiary/aromatic N) is 3. The molecule has 0 unspecified atom stereocenters. The minimum absolute atomic E-state index is 0.175. The molecule has 1 aliphatic heterocycles. The molecule has 1 fully saturated rings. The molecule has 6 heteroatoms. The predicted octanol–water partition coefficient (Wildman–Crippen LogP) is 0.0720. The van der Waals surface area contributed by atoms with Crippen LogP contribution in [0.1, 0.15) is 12.6 Å². The number of hydrogen-bond donors (Lipinski definition) is 2. The van der Waals surface area contributed by atoms with Crippen LogP contribution in [0.15, 0.2) is 24.8 Å². The van der Waals surface area contributed by atoms with Crippen LogP contribution in [-0.4, -0.2) is 43.6 Å². The smallest absolute Gasteiger partial charge is 0.145 e. The van der Waals surface area contributed by atoms with E-state index >= 15 is 0 Å². The Bertz CT molecular complexity index is 527. The zero-order valence-corrected chi connectivity index (χ0v) is 9.10. The summed E-state index contributed by atoms with van der Waals surface area (Å²) in [6.45, 7) is -0.175. The van der Waals surface area contributed by atoms with E-state index in [-0.39, 0.29) is 12.8 Å². The van der Waals surface area contributed by atoms with Gasteiger partial charge in [-0.1, -0.05) is 0 Å². The van der Waals surface area contributed by atoms with E-state index in [1.165, 1.54) is 6.33 Å². The number of fused-ring (bicyclic) bond motifs is 1. The molecular formula is C11H13N3O3. The molecule has 3 atom stereocenters. The molecule has 90 valence electrons. The second-order valence-corrected chi connectivity index (χ2v) is 4.14. The fourth-order valence-electron chi connectivity index (χ4n) is 2.18. The van der Waals surface area contributed by atoms with Crippen molar-refractivity contribution in [2.24, 2.45) is 0 Å². The second kappa shape index (κ2) is 4.06. The van der Waals surface area contributed by atoms with Crippen LogP contribution in [0.5, 0.6) is 0 Å². The van der Waals surface area contributed by atoms with E-state index in [0.29, 0.717) is 6.42 Å². The van der Waals surface area contributed by atoms with E-state index in [2.05, 4.69) is 9.97 Å². The lowest BCUT2D eigenvalue weighted by Gasteiger charge is -2.14. The fraction of sp³-hybridized carbons (Fsp3) is 0.455. The van der Waals surface area contributed by atoms with Gasteiger partial charge in [0.1, 0.15) is 24.3 Å². The molecule has 6 nitrogen and oxygen atoms in total. The molecule has 2 N–H and O–H groups in total. The van der Waals surface area contributed by atoms with Gasteiger partial charge in [-0.3, -0.25) is 0 Å². The van der Waals surface area contributed by atoms with Gasteiger partial charge in [-0.2, -0.15) is 0 Å². The molecule has 1 aliphatic rings. The molecule has 0 bridgehead atoms. The Morgan fingerprint density at radius 1 is 1.53 bits per heavy atom. The maximum atomic E-state index is 9.70. The van der Waals surface area contributed by atoms with Gasteiger partial charge in [0.2, 0.25) is 0 Å². The molecule has 0 saturated carbocycles. The highest BCUT2D eigenvalue weighted by atomic mass is 16.5. The largest absolute Gasteiger partial charge is 0.394 e. The first-order valence-electron chi connectivity index (χ1n) is 5.50. The first-order chi connectivity index (χ1) is 8.29. The van der Waals surface area contributed by atoms with Crippen molar-refractivity contribution in [2.75, 3.05) is 6.61 Å². The minimum Gasteiger partial charge on any atom is -0.394 e. The van der Waals surface area contributed by atoms with Gasteiger partial charge >= 0.3 is 0 Å². The molecule has 0 radical (unpaired) electrons. The van der Waals surface area contributed by atoms with E-state index < -0.39 is 12.2 Å². The lowest BCUT2D eigenvalue weighted by atomic mass is 10.2. The highest BCUT2D eigenvalue weighted by molar-refractivity contribution is 5.74. The summed E-state index contributed by atoms with van der Waals surface area (Å²) >= 11 is 0. The van der Waals surface area contributed by atoms with Crippen molar-refractivity contribution in [3.63, 3.8) is 0 Å². The van der Waals surface area contributed by atoms with Crippen molar-refractivity contribution in [1.82, 2.24) is 14.5 Å². The molecular weight excluding hydrogens is 222 g/mol. The predicted molar refractivity (Wildman–Crippen MR) is 59.1 cm³/mol. The molecule has 1 saturated heterocycles. The molecule has 0 spiro atoms. The third kappa shape index (κ3) is 1.70. The van der Waals surface area contributed by atoms with Crippen LogP contribution in [0.3, 0.4) is 0 Å². The number of aliphatic hydroxyl groups is 2. The number of aromatic nitrogens is 3. The summed E-state index contributed by atoms with van der Waals surface area (Å²) in [6.07, 6.45) is 4.09. The minimum atomic E-state index is -0.635. The molecule has 0 amide bonds.